The lowest BCUT2D eigenvalue weighted by atomic mass is 9.95. The average Bonchev–Trinajstić information content (AvgIpc) is 2.88. The lowest BCUT2D eigenvalue weighted by Crippen LogP contribution is -2.27. The molecule has 1 aromatic carbocycles. The number of hydrogen-bond donors (Lipinski definition) is 1. The molecule has 2 heteroatoms. The normalized spacial score (nSPS) is 28.4. The maximum absolute atomic E-state index is 13.7. The van der Waals surface area contributed by atoms with Crippen LogP contribution < -0.4 is 5.32 Å². The summed E-state index contributed by atoms with van der Waals surface area (Å²) in [7, 11) is 0. The molecule has 0 heterocycles. The van der Waals surface area contributed by atoms with E-state index >= 15 is 0 Å². The van der Waals surface area contributed by atoms with Gasteiger partial charge >= 0.3 is 0 Å². The Morgan fingerprint density at radius 1 is 1.44 bits per heavy atom. The highest BCUT2D eigenvalue weighted by Gasteiger charge is 2.51. The van der Waals surface area contributed by atoms with Gasteiger partial charge in [-0.05, 0) is 35.9 Å². The molecule has 0 amide bonds. The highest BCUT2D eigenvalue weighted by molar-refractivity contribution is 5.33. The molecule has 0 spiro atoms. The van der Waals surface area contributed by atoms with Gasteiger partial charge in [0.1, 0.15) is 5.82 Å². The Hall–Kier alpha value is -0.890. The number of hydrogen-bond acceptors (Lipinski definition) is 1. The predicted molar refractivity (Wildman–Crippen MR) is 65.0 cm³/mol. The Morgan fingerprint density at radius 2 is 2.12 bits per heavy atom. The smallest absolute Gasteiger partial charge is 0.126 e. The van der Waals surface area contributed by atoms with Gasteiger partial charge in [0.2, 0.25) is 0 Å². The van der Waals surface area contributed by atoms with Gasteiger partial charge in [-0.25, -0.2) is 4.39 Å². The standard InChI is InChI=1S/C14H20FN/c1-10(2)16-9-11-8-14(11,3)12-6-4-5-7-13(12)15/h4-7,10-11,16H,8-9H2,1-3H3. The molecule has 1 aliphatic carbocycles. The van der Waals surface area contributed by atoms with Gasteiger partial charge in [0, 0.05) is 6.04 Å². The molecule has 1 saturated carbocycles. The van der Waals surface area contributed by atoms with Crippen molar-refractivity contribution in [3.8, 4) is 0 Å². The summed E-state index contributed by atoms with van der Waals surface area (Å²) in [6, 6.07) is 7.67. The van der Waals surface area contributed by atoms with Crippen LogP contribution in [0, 0.1) is 11.7 Å². The third-order valence-electron chi connectivity index (χ3n) is 3.67. The van der Waals surface area contributed by atoms with Crippen molar-refractivity contribution in [1.29, 1.82) is 0 Å². The van der Waals surface area contributed by atoms with Gasteiger partial charge < -0.3 is 5.32 Å². The van der Waals surface area contributed by atoms with Gasteiger partial charge in [-0.3, -0.25) is 0 Å². The zero-order valence-corrected chi connectivity index (χ0v) is 10.3. The molecule has 1 aromatic rings. The molecule has 1 N–H and O–H groups in total. The van der Waals surface area contributed by atoms with Crippen LogP contribution in [0.2, 0.25) is 0 Å². The van der Waals surface area contributed by atoms with Gasteiger partial charge in [0.25, 0.3) is 0 Å². The van der Waals surface area contributed by atoms with Crippen molar-refractivity contribution in [2.45, 2.75) is 38.6 Å². The first kappa shape index (κ1) is 11.6. The largest absolute Gasteiger partial charge is 0.314 e. The van der Waals surface area contributed by atoms with Crippen LogP contribution >= 0.6 is 0 Å². The van der Waals surface area contributed by atoms with E-state index in [2.05, 4.69) is 26.1 Å². The lowest BCUT2D eigenvalue weighted by Gasteiger charge is -2.14. The van der Waals surface area contributed by atoms with Gasteiger partial charge in [0.05, 0.1) is 0 Å². The molecule has 1 fully saturated rings. The van der Waals surface area contributed by atoms with E-state index in [0.29, 0.717) is 12.0 Å². The highest BCUT2D eigenvalue weighted by Crippen LogP contribution is 2.54. The first-order valence-corrected chi connectivity index (χ1v) is 6.02. The van der Waals surface area contributed by atoms with Crippen LogP contribution in [0.4, 0.5) is 4.39 Å². The van der Waals surface area contributed by atoms with Crippen LogP contribution in [0.15, 0.2) is 24.3 Å². The molecule has 0 radical (unpaired) electrons. The zero-order valence-electron chi connectivity index (χ0n) is 10.3. The molecule has 1 nitrogen and oxygen atoms in total. The van der Waals surface area contributed by atoms with Crippen molar-refractivity contribution < 1.29 is 4.39 Å². The van der Waals surface area contributed by atoms with Crippen molar-refractivity contribution in [2.24, 2.45) is 5.92 Å². The highest BCUT2D eigenvalue weighted by atomic mass is 19.1. The van der Waals surface area contributed by atoms with E-state index in [1.165, 1.54) is 0 Å². The summed E-state index contributed by atoms with van der Waals surface area (Å²) in [5, 5.41) is 3.43. The van der Waals surface area contributed by atoms with Crippen LogP contribution in [0.1, 0.15) is 32.8 Å². The van der Waals surface area contributed by atoms with Gasteiger partial charge in [-0.1, -0.05) is 39.0 Å². The minimum atomic E-state index is -0.0583. The fourth-order valence-corrected chi connectivity index (χ4v) is 2.38. The summed E-state index contributed by atoms with van der Waals surface area (Å²) in [5.41, 5.74) is 0.929. The van der Waals surface area contributed by atoms with E-state index in [0.717, 1.165) is 18.5 Å². The monoisotopic (exact) mass is 221 g/mol. The quantitative estimate of drug-likeness (QED) is 0.823. The minimum Gasteiger partial charge on any atom is -0.314 e. The maximum Gasteiger partial charge on any atom is 0.126 e. The average molecular weight is 221 g/mol. The molecule has 16 heavy (non-hydrogen) atoms. The van der Waals surface area contributed by atoms with E-state index in [9.17, 15) is 4.39 Å². The van der Waals surface area contributed by atoms with Crippen molar-refractivity contribution >= 4 is 0 Å². The Balaban J connectivity index is 2.04. The fourth-order valence-electron chi connectivity index (χ4n) is 2.38. The second kappa shape index (κ2) is 4.17. The van der Waals surface area contributed by atoms with E-state index in [4.69, 9.17) is 0 Å². The molecule has 2 rings (SSSR count). The first-order chi connectivity index (χ1) is 7.54. The number of halogens is 1. The van der Waals surface area contributed by atoms with E-state index in [-0.39, 0.29) is 11.2 Å². The second-order valence-electron chi connectivity index (χ2n) is 5.36. The fraction of sp³-hybridized carbons (Fsp3) is 0.571. The molecule has 2 atom stereocenters. The Morgan fingerprint density at radius 3 is 2.75 bits per heavy atom. The summed E-state index contributed by atoms with van der Waals surface area (Å²) in [5.74, 6) is 0.517. The third-order valence-corrected chi connectivity index (χ3v) is 3.67. The number of benzene rings is 1. The summed E-state index contributed by atoms with van der Waals surface area (Å²) in [4.78, 5) is 0. The molecule has 0 bridgehead atoms. The molecule has 2 unspecified atom stereocenters. The molecule has 0 aromatic heterocycles. The predicted octanol–water partition coefficient (Wildman–Crippen LogP) is 3.10. The van der Waals surface area contributed by atoms with Crippen LogP contribution in [0.25, 0.3) is 0 Å². The van der Waals surface area contributed by atoms with Crippen molar-refractivity contribution in [2.75, 3.05) is 6.54 Å². The van der Waals surface area contributed by atoms with Gasteiger partial charge in [-0.15, -0.1) is 0 Å². The number of nitrogens with one attached hydrogen (secondary N) is 1. The van der Waals surface area contributed by atoms with Crippen LogP contribution in [0.5, 0.6) is 0 Å². The van der Waals surface area contributed by atoms with E-state index in [1.54, 1.807) is 12.1 Å². The Bertz CT molecular complexity index is 375. The molecule has 0 saturated heterocycles. The topological polar surface area (TPSA) is 12.0 Å². The molecule has 88 valence electrons. The summed E-state index contributed by atoms with van der Waals surface area (Å²) in [6.07, 6.45) is 1.09. The van der Waals surface area contributed by atoms with Gasteiger partial charge in [0.15, 0.2) is 0 Å². The Labute approximate surface area is 97.1 Å². The van der Waals surface area contributed by atoms with Crippen molar-refractivity contribution in [3.05, 3.63) is 35.6 Å². The summed E-state index contributed by atoms with van der Waals surface area (Å²) >= 11 is 0. The van der Waals surface area contributed by atoms with Crippen molar-refractivity contribution in [3.63, 3.8) is 0 Å². The minimum absolute atomic E-state index is 0.0488. The molecule has 1 aliphatic rings. The van der Waals surface area contributed by atoms with Gasteiger partial charge in [-0.2, -0.15) is 0 Å². The van der Waals surface area contributed by atoms with E-state index < -0.39 is 0 Å². The first-order valence-electron chi connectivity index (χ1n) is 6.02. The van der Waals surface area contributed by atoms with Crippen molar-refractivity contribution in [1.82, 2.24) is 5.32 Å². The molecule has 0 aliphatic heterocycles. The summed E-state index contributed by atoms with van der Waals surface area (Å²) in [6.45, 7) is 7.44. The maximum atomic E-state index is 13.7. The summed E-state index contributed by atoms with van der Waals surface area (Å²) < 4.78 is 13.7. The van der Waals surface area contributed by atoms with Crippen LogP contribution in [-0.2, 0) is 5.41 Å². The zero-order chi connectivity index (χ0) is 11.8. The lowest BCUT2D eigenvalue weighted by molar-refractivity contribution is 0.513. The number of rotatable bonds is 4. The second-order valence-corrected chi connectivity index (χ2v) is 5.36. The van der Waals surface area contributed by atoms with Crippen LogP contribution in [-0.4, -0.2) is 12.6 Å². The molecular weight excluding hydrogens is 201 g/mol. The molecular formula is C14H20FN. The van der Waals surface area contributed by atoms with E-state index in [1.807, 2.05) is 12.1 Å². The van der Waals surface area contributed by atoms with Crippen LogP contribution in [0.3, 0.4) is 0 Å². The SMILES string of the molecule is CC(C)NCC1CC1(C)c1ccccc1F. The Kier molecular flexibility index (Phi) is 3.02. The third kappa shape index (κ3) is 2.12.